The Bertz CT molecular complexity index is 825. The van der Waals surface area contributed by atoms with Crippen LogP contribution in [0.1, 0.15) is 25.6 Å². The molecule has 0 atom stereocenters. The van der Waals surface area contributed by atoms with Crippen molar-refractivity contribution in [2.24, 2.45) is 0 Å². The van der Waals surface area contributed by atoms with Crippen molar-refractivity contribution in [2.75, 3.05) is 7.11 Å². The Morgan fingerprint density at radius 2 is 1.95 bits per heavy atom. The molecule has 0 unspecified atom stereocenters. The molecule has 2 aromatic heterocycles. The number of methoxy groups -OCH3 is 1. The SMILES string of the molecule is COC(=O)c1c(C(=O)c2cccs2)cnc2ccccc12. The Morgan fingerprint density at radius 3 is 2.67 bits per heavy atom. The van der Waals surface area contributed by atoms with E-state index < -0.39 is 5.97 Å². The molecule has 0 N–H and O–H groups in total. The van der Waals surface area contributed by atoms with Gasteiger partial charge < -0.3 is 4.74 Å². The zero-order chi connectivity index (χ0) is 14.8. The van der Waals surface area contributed by atoms with E-state index in [0.29, 0.717) is 15.8 Å². The van der Waals surface area contributed by atoms with Crippen molar-refractivity contribution in [3.05, 3.63) is 64.0 Å². The van der Waals surface area contributed by atoms with Gasteiger partial charge >= 0.3 is 5.97 Å². The minimum Gasteiger partial charge on any atom is -0.465 e. The monoisotopic (exact) mass is 297 g/mol. The molecule has 0 bridgehead atoms. The molecule has 0 fully saturated rings. The van der Waals surface area contributed by atoms with Gasteiger partial charge in [0.15, 0.2) is 0 Å². The lowest BCUT2D eigenvalue weighted by Gasteiger charge is -2.09. The molecule has 21 heavy (non-hydrogen) atoms. The van der Waals surface area contributed by atoms with E-state index in [1.807, 2.05) is 11.4 Å². The van der Waals surface area contributed by atoms with Crippen LogP contribution in [0.4, 0.5) is 0 Å². The fraction of sp³-hybridized carbons (Fsp3) is 0.0625. The second-order valence-corrected chi connectivity index (χ2v) is 5.31. The number of hydrogen-bond donors (Lipinski definition) is 0. The van der Waals surface area contributed by atoms with Crippen LogP contribution in [0.15, 0.2) is 48.0 Å². The summed E-state index contributed by atoms with van der Waals surface area (Å²) in [6.07, 6.45) is 1.44. The molecule has 0 aliphatic heterocycles. The quantitative estimate of drug-likeness (QED) is 0.550. The molecule has 4 nitrogen and oxygen atoms in total. The summed E-state index contributed by atoms with van der Waals surface area (Å²) in [6, 6.07) is 10.7. The molecule has 0 saturated heterocycles. The third kappa shape index (κ3) is 2.32. The standard InChI is InChI=1S/C16H11NO3S/c1-20-16(19)14-10-5-2-3-6-12(10)17-9-11(14)15(18)13-7-4-8-21-13/h2-9H,1H3. The van der Waals surface area contributed by atoms with Gasteiger partial charge in [0.2, 0.25) is 5.78 Å². The number of fused-ring (bicyclic) bond motifs is 1. The summed E-state index contributed by atoms with van der Waals surface area (Å²) in [7, 11) is 1.30. The first-order chi connectivity index (χ1) is 10.2. The van der Waals surface area contributed by atoms with Crippen molar-refractivity contribution in [2.45, 2.75) is 0 Å². The highest BCUT2D eigenvalue weighted by atomic mass is 32.1. The number of thiophene rings is 1. The predicted octanol–water partition coefficient (Wildman–Crippen LogP) is 3.31. The Hall–Kier alpha value is -2.53. The first-order valence-electron chi connectivity index (χ1n) is 6.26. The van der Waals surface area contributed by atoms with Crippen molar-refractivity contribution in [3.8, 4) is 0 Å². The smallest absolute Gasteiger partial charge is 0.339 e. The molecular formula is C16H11NO3S. The van der Waals surface area contributed by atoms with E-state index in [0.717, 1.165) is 0 Å². The van der Waals surface area contributed by atoms with E-state index in [1.54, 1.807) is 30.3 Å². The number of carbonyl (C=O) groups is 2. The summed E-state index contributed by atoms with van der Waals surface area (Å²) >= 11 is 1.33. The van der Waals surface area contributed by atoms with E-state index in [1.165, 1.54) is 24.6 Å². The van der Waals surface area contributed by atoms with Gasteiger partial charge in [-0.1, -0.05) is 24.3 Å². The lowest BCUT2D eigenvalue weighted by atomic mass is 10.00. The average molecular weight is 297 g/mol. The third-order valence-electron chi connectivity index (χ3n) is 3.15. The van der Waals surface area contributed by atoms with Gasteiger partial charge in [-0.15, -0.1) is 11.3 Å². The van der Waals surface area contributed by atoms with Gasteiger partial charge in [0, 0.05) is 11.6 Å². The Balaban J connectivity index is 2.27. The van der Waals surface area contributed by atoms with Crippen LogP contribution >= 0.6 is 11.3 Å². The van der Waals surface area contributed by atoms with Crippen LogP contribution in [-0.4, -0.2) is 23.8 Å². The fourth-order valence-electron chi connectivity index (χ4n) is 2.18. The minimum absolute atomic E-state index is 0.219. The number of benzene rings is 1. The lowest BCUT2D eigenvalue weighted by molar-refractivity contribution is 0.0600. The zero-order valence-electron chi connectivity index (χ0n) is 11.2. The second kappa shape index (κ2) is 5.46. The maximum absolute atomic E-state index is 12.6. The van der Waals surface area contributed by atoms with Gasteiger partial charge in [0.1, 0.15) is 0 Å². The summed E-state index contributed by atoms with van der Waals surface area (Å²) < 4.78 is 4.84. The summed E-state index contributed by atoms with van der Waals surface area (Å²) in [5, 5.41) is 2.44. The third-order valence-corrected chi connectivity index (χ3v) is 4.02. The second-order valence-electron chi connectivity index (χ2n) is 4.36. The Morgan fingerprint density at radius 1 is 1.14 bits per heavy atom. The number of rotatable bonds is 3. The molecule has 0 amide bonds. The summed E-state index contributed by atoms with van der Waals surface area (Å²) in [4.78, 5) is 29.5. The van der Waals surface area contributed by atoms with Crippen molar-refractivity contribution in [1.82, 2.24) is 4.98 Å². The number of para-hydroxylation sites is 1. The highest BCUT2D eigenvalue weighted by Gasteiger charge is 2.22. The molecule has 0 spiro atoms. The normalized spacial score (nSPS) is 10.5. The zero-order valence-corrected chi connectivity index (χ0v) is 12.0. The van der Waals surface area contributed by atoms with Gasteiger partial charge in [0.05, 0.1) is 28.6 Å². The van der Waals surface area contributed by atoms with Crippen LogP contribution in [0.3, 0.4) is 0 Å². The van der Waals surface area contributed by atoms with Crippen molar-refractivity contribution >= 4 is 34.0 Å². The van der Waals surface area contributed by atoms with Crippen LogP contribution in [-0.2, 0) is 4.74 Å². The molecule has 0 radical (unpaired) electrons. The van der Waals surface area contributed by atoms with Gasteiger partial charge in [0.25, 0.3) is 0 Å². The summed E-state index contributed by atoms with van der Waals surface area (Å²) in [5.74, 6) is -0.753. The first kappa shape index (κ1) is 13.5. The summed E-state index contributed by atoms with van der Waals surface area (Å²) in [6.45, 7) is 0. The maximum atomic E-state index is 12.6. The predicted molar refractivity (Wildman–Crippen MR) is 80.8 cm³/mol. The molecule has 104 valence electrons. The Labute approximate surface area is 125 Å². The van der Waals surface area contributed by atoms with Crippen molar-refractivity contribution in [3.63, 3.8) is 0 Å². The number of ether oxygens (including phenoxy) is 1. The van der Waals surface area contributed by atoms with Gasteiger partial charge in [-0.3, -0.25) is 9.78 Å². The number of aromatic nitrogens is 1. The van der Waals surface area contributed by atoms with Crippen LogP contribution in [0.2, 0.25) is 0 Å². The van der Waals surface area contributed by atoms with Crippen molar-refractivity contribution in [1.29, 1.82) is 0 Å². The fourth-order valence-corrected chi connectivity index (χ4v) is 2.85. The number of esters is 1. The molecule has 1 aromatic carbocycles. The van der Waals surface area contributed by atoms with E-state index >= 15 is 0 Å². The van der Waals surface area contributed by atoms with Crippen LogP contribution in [0, 0.1) is 0 Å². The highest BCUT2D eigenvalue weighted by Crippen LogP contribution is 2.24. The number of nitrogens with zero attached hydrogens (tertiary/aromatic N) is 1. The topological polar surface area (TPSA) is 56.3 Å². The van der Waals surface area contributed by atoms with Crippen LogP contribution in [0.25, 0.3) is 10.9 Å². The lowest BCUT2D eigenvalue weighted by Crippen LogP contribution is -2.12. The van der Waals surface area contributed by atoms with Gasteiger partial charge in [-0.05, 0) is 17.5 Å². The van der Waals surface area contributed by atoms with E-state index in [9.17, 15) is 9.59 Å². The minimum atomic E-state index is -0.534. The first-order valence-corrected chi connectivity index (χ1v) is 7.14. The highest BCUT2D eigenvalue weighted by molar-refractivity contribution is 7.12. The molecule has 0 aliphatic rings. The largest absolute Gasteiger partial charge is 0.465 e. The van der Waals surface area contributed by atoms with Gasteiger partial charge in [-0.2, -0.15) is 0 Å². The molecule has 5 heteroatoms. The Kier molecular flexibility index (Phi) is 3.50. The van der Waals surface area contributed by atoms with E-state index in [2.05, 4.69) is 4.98 Å². The molecule has 3 aromatic rings. The maximum Gasteiger partial charge on any atom is 0.339 e. The molecule has 0 aliphatic carbocycles. The number of ketones is 1. The summed E-state index contributed by atoms with van der Waals surface area (Å²) in [5.41, 5.74) is 1.19. The van der Waals surface area contributed by atoms with Crippen LogP contribution < -0.4 is 0 Å². The van der Waals surface area contributed by atoms with E-state index in [-0.39, 0.29) is 16.9 Å². The van der Waals surface area contributed by atoms with Gasteiger partial charge in [-0.25, -0.2) is 4.79 Å². The average Bonchev–Trinajstić information content (AvgIpc) is 3.06. The van der Waals surface area contributed by atoms with E-state index in [4.69, 9.17) is 4.74 Å². The number of hydrogen-bond acceptors (Lipinski definition) is 5. The number of pyridine rings is 1. The number of carbonyl (C=O) groups excluding carboxylic acids is 2. The molecule has 2 heterocycles. The van der Waals surface area contributed by atoms with Crippen LogP contribution in [0.5, 0.6) is 0 Å². The molecule has 3 rings (SSSR count). The molecular weight excluding hydrogens is 286 g/mol. The van der Waals surface area contributed by atoms with Crippen molar-refractivity contribution < 1.29 is 14.3 Å². The molecule has 0 saturated carbocycles.